The van der Waals surface area contributed by atoms with E-state index in [1.165, 1.54) is 16.7 Å². The first kappa shape index (κ1) is 12.1. The van der Waals surface area contributed by atoms with Crippen LogP contribution in [0, 0.1) is 13.8 Å². The van der Waals surface area contributed by atoms with Gasteiger partial charge >= 0.3 is 0 Å². The zero-order valence-corrected chi connectivity index (χ0v) is 11.5. The predicted molar refractivity (Wildman–Crippen MR) is 74.5 cm³/mol. The van der Waals surface area contributed by atoms with Crippen LogP contribution < -0.4 is 0 Å². The monoisotopic (exact) mass is 272 g/mol. The third kappa shape index (κ3) is 2.19. The molecule has 0 atom stereocenters. The first-order valence-electron chi connectivity index (χ1n) is 6.05. The van der Waals surface area contributed by atoms with E-state index in [1.807, 2.05) is 10.6 Å². The van der Waals surface area contributed by atoms with Crippen LogP contribution in [0.5, 0.6) is 0 Å². The molecule has 0 aliphatic carbocycles. The molecule has 0 spiro atoms. The number of aromatic nitrogens is 4. The highest BCUT2D eigenvalue weighted by atomic mass is 35.5. The zero-order chi connectivity index (χ0) is 13.4. The van der Waals surface area contributed by atoms with Gasteiger partial charge in [-0.05, 0) is 30.5 Å². The van der Waals surface area contributed by atoms with E-state index in [-0.39, 0.29) is 0 Å². The van der Waals surface area contributed by atoms with E-state index in [4.69, 9.17) is 11.6 Å². The van der Waals surface area contributed by atoms with Crippen molar-refractivity contribution >= 4 is 17.2 Å². The largest absolute Gasteiger partial charge is 0.282 e. The Kier molecular flexibility index (Phi) is 2.95. The Morgan fingerprint density at radius 2 is 2.00 bits per heavy atom. The van der Waals surface area contributed by atoms with Gasteiger partial charge in [0.05, 0.1) is 0 Å². The molecule has 2 heterocycles. The van der Waals surface area contributed by atoms with Crippen molar-refractivity contribution in [3.8, 4) is 0 Å². The molecule has 0 fully saturated rings. The normalized spacial score (nSPS) is 11.1. The SMILES string of the molecule is Cc1ccc(Cc2nnc3c(Cl)nccn23)cc1C. The van der Waals surface area contributed by atoms with Gasteiger partial charge in [0, 0.05) is 18.8 Å². The van der Waals surface area contributed by atoms with Crippen LogP contribution in [0.4, 0.5) is 0 Å². The van der Waals surface area contributed by atoms with Gasteiger partial charge in [-0.1, -0.05) is 29.8 Å². The van der Waals surface area contributed by atoms with Gasteiger partial charge in [-0.3, -0.25) is 4.40 Å². The molecule has 4 nitrogen and oxygen atoms in total. The van der Waals surface area contributed by atoms with Crippen molar-refractivity contribution in [2.45, 2.75) is 20.3 Å². The van der Waals surface area contributed by atoms with Crippen molar-refractivity contribution < 1.29 is 0 Å². The molecule has 19 heavy (non-hydrogen) atoms. The summed E-state index contributed by atoms with van der Waals surface area (Å²) in [7, 11) is 0. The molecule has 2 aromatic heterocycles. The summed E-state index contributed by atoms with van der Waals surface area (Å²) in [5.74, 6) is 0.863. The molecule has 96 valence electrons. The van der Waals surface area contributed by atoms with Gasteiger partial charge in [-0.2, -0.15) is 0 Å². The molecule has 0 unspecified atom stereocenters. The third-order valence-corrected chi connectivity index (χ3v) is 3.55. The van der Waals surface area contributed by atoms with E-state index in [9.17, 15) is 0 Å². The van der Waals surface area contributed by atoms with Gasteiger partial charge in [0.2, 0.25) is 0 Å². The minimum Gasteiger partial charge on any atom is -0.282 e. The summed E-state index contributed by atoms with van der Waals surface area (Å²) < 4.78 is 1.88. The summed E-state index contributed by atoms with van der Waals surface area (Å²) in [4.78, 5) is 4.00. The third-order valence-electron chi connectivity index (χ3n) is 3.29. The number of nitrogens with zero attached hydrogens (tertiary/aromatic N) is 4. The number of hydrogen-bond donors (Lipinski definition) is 0. The Bertz CT molecular complexity index is 748. The first-order chi connectivity index (χ1) is 9.15. The molecule has 3 aromatic rings. The second-order valence-corrected chi connectivity index (χ2v) is 4.98. The second-order valence-electron chi connectivity index (χ2n) is 4.62. The topological polar surface area (TPSA) is 43.1 Å². The lowest BCUT2D eigenvalue weighted by Gasteiger charge is -2.04. The summed E-state index contributed by atoms with van der Waals surface area (Å²) in [5, 5.41) is 8.64. The Balaban J connectivity index is 2.01. The molecule has 0 aliphatic rings. The van der Waals surface area contributed by atoms with Gasteiger partial charge in [0.1, 0.15) is 5.82 Å². The van der Waals surface area contributed by atoms with Gasteiger partial charge < -0.3 is 0 Å². The van der Waals surface area contributed by atoms with E-state index < -0.39 is 0 Å². The van der Waals surface area contributed by atoms with Crippen LogP contribution in [0.15, 0.2) is 30.6 Å². The van der Waals surface area contributed by atoms with Crippen molar-refractivity contribution in [3.63, 3.8) is 0 Å². The van der Waals surface area contributed by atoms with Crippen molar-refractivity contribution in [2.75, 3.05) is 0 Å². The number of halogens is 1. The average Bonchev–Trinajstić information content (AvgIpc) is 2.79. The molecule has 0 aliphatic heterocycles. The Labute approximate surface area is 116 Å². The Morgan fingerprint density at radius 3 is 2.79 bits per heavy atom. The van der Waals surface area contributed by atoms with Crippen molar-refractivity contribution in [3.05, 3.63) is 58.3 Å². The number of aryl methyl sites for hydroxylation is 2. The summed E-state index contributed by atoms with van der Waals surface area (Å²) >= 11 is 5.98. The molecule has 0 bridgehead atoms. The van der Waals surface area contributed by atoms with Crippen LogP contribution in [0.2, 0.25) is 5.15 Å². The van der Waals surface area contributed by atoms with Crippen LogP contribution in [-0.2, 0) is 6.42 Å². The summed E-state index contributed by atoms with van der Waals surface area (Å²) in [5.41, 5.74) is 4.39. The maximum absolute atomic E-state index is 5.98. The lowest BCUT2D eigenvalue weighted by atomic mass is 10.0. The molecule has 1 aromatic carbocycles. The van der Waals surface area contributed by atoms with Crippen LogP contribution >= 0.6 is 11.6 Å². The van der Waals surface area contributed by atoms with Crippen molar-refractivity contribution in [1.29, 1.82) is 0 Å². The number of rotatable bonds is 2. The maximum atomic E-state index is 5.98. The fourth-order valence-electron chi connectivity index (χ4n) is 2.06. The number of benzene rings is 1. The molecule has 0 amide bonds. The zero-order valence-electron chi connectivity index (χ0n) is 10.8. The quantitative estimate of drug-likeness (QED) is 0.720. The minimum absolute atomic E-state index is 0.376. The van der Waals surface area contributed by atoms with Gasteiger partial charge in [-0.15, -0.1) is 10.2 Å². The summed E-state index contributed by atoms with van der Waals surface area (Å²) in [6.45, 7) is 4.22. The Hall–Kier alpha value is -1.94. The highest BCUT2D eigenvalue weighted by Gasteiger charge is 2.09. The van der Waals surface area contributed by atoms with E-state index in [2.05, 4.69) is 47.2 Å². The number of fused-ring (bicyclic) bond motifs is 1. The van der Waals surface area contributed by atoms with Crippen LogP contribution in [0.25, 0.3) is 5.65 Å². The molecule has 0 N–H and O–H groups in total. The standard InChI is InChI=1S/C14H13ClN4/c1-9-3-4-11(7-10(9)2)8-12-17-18-14-13(15)16-5-6-19(12)14/h3-7H,8H2,1-2H3. The predicted octanol–water partition coefficient (Wildman–Crippen LogP) is 2.99. The molecule has 0 saturated carbocycles. The van der Waals surface area contributed by atoms with E-state index in [0.29, 0.717) is 10.8 Å². The van der Waals surface area contributed by atoms with E-state index in [1.54, 1.807) is 6.20 Å². The molecular formula is C14H13ClN4. The fourth-order valence-corrected chi connectivity index (χ4v) is 2.25. The first-order valence-corrected chi connectivity index (χ1v) is 6.43. The Morgan fingerprint density at radius 1 is 1.16 bits per heavy atom. The molecular weight excluding hydrogens is 260 g/mol. The molecule has 0 radical (unpaired) electrons. The highest BCUT2D eigenvalue weighted by molar-refractivity contribution is 6.32. The van der Waals surface area contributed by atoms with E-state index >= 15 is 0 Å². The number of hydrogen-bond acceptors (Lipinski definition) is 3. The second kappa shape index (κ2) is 4.63. The summed E-state index contributed by atoms with van der Waals surface area (Å²) in [6.07, 6.45) is 4.21. The van der Waals surface area contributed by atoms with Crippen LogP contribution in [-0.4, -0.2) is 19.6 Å². The van der Waals surface area contributed by atoms with Crippen molar-refractivity contribution in [1.82, 2.24) is 19.6 Å². The smallest absolute Gasteiger partial charge is 0.198 e. The summed E-state index contributed by atoms with van der Waals surface area (Å²) in [6, 6.07) is 6.42. The lowest BCUT2D eigenvalue weighted by molar-refractivity contribution is 0.929. The van der Waals surface area contributed by atoms with Crippen LogP contribution in [0.1, 0.15) is 22.5 Å². The highest BCUT2D eigenvalue weighted by Crippen LogP contribution is 2.16. The van der Waals surface area contributed by atoms with Gasteiger partial charge in [-0.25, -0.2) is 4.98 Å². The van der Waals surface area contributed by atoms with Gasteiger partial charge in [0.15, 0.2) is 10.8 Å². The molecule has 5 heteroatoms. The lowest BCUT2D eigenvalue weighted by Crippen LogP contribution is -1.97. The fraction of sp³-hybridized carbons (Fsp3) is 0.214. The maximum Gasteiger partial charge on any atom is 0.198 e. The van der Waals surface area contributed by atoms with Gasteiger partial charge in [0.25, 0.3) is 0 Å². The average molecular weight is 273 g/mol. The van der Waals surface area contributed by atoms with Crippen LogP contribution in [0.3, 0.4) is 0 Å². The molecule has 3 rings (SSSR count). The minimum atomic E-state index is 0.376. The van der Waals surface area contributed by atoms with E-state index in [0.717, 1.165) is 12.2 Å². The van der Waals surface area contributed by atoms with Crippen molar-refractivity contribution in [2.24, 2.45) is 0 Å². The molecule has 0 saturated heterocycles.